The minimum Gasteiger partial charge on any atom is -0.388 e. The van der Waals surface area contributed by atoms with E-state index in [1.165, 1.54) is 25.9 Å². The zero-order valence-corrected chi connectivity index (χ0v) is 9.46. The lowest BCUT2D eigenvalue weighted by atomic mass is 9.98. The molecule has 15 heavy (non-hydrogen) atoms. The third-order valence-electron chi connectivity index (χ3n) is 3.32. The van der Waals surface area contributed by atoms with Gasteiger partial charge in [0.1, 0.15) is 0 Å². The summed E-state index contributed by atoms with van der Waals surface area (Å²) in [7, 11) is 2.19. The van der Waals surface area contributed by atoms with Crippen LogP contribution < -0.4 is 5.32 Å². The van der Waals surface area contributed by atoms with Crippen LogP contribution >= 0.6 is 0 Å². The zero-order chi connectivity index (χ0) is 10.7. The van der Waals surface area contributed by atoms with Crippen LogP contribution in [-0.4, -0.2) is 37.4 Å². The molecule has 0 bridgehead atoms. The van der Waals surface area contributed by atoms with E-state index in [2.05, 4.69) is 17.3 Å². The second-order valence-corrected chi connectivity index (χ2v) is 4.79. The highest BCUT2D eigenvalue weighted by molar-refractivity contribution is 5.92. The van der Waals surface area contributed by atoms with E-state index in [0.29, 0.717) is 6.42 Å². The van der Waals surface area contributed by atoms with Gasteiger partial charge in [-0.1, -0.05) is 0 Å². The van der Waals surface area contributed by atoms with Crippen molar-refractivity contribution in [2.75, 3.05) is 26.7 Å². The first-order valence-corrected chi connectivity index (χ1v) is 5.90. The van der Waals surface area contributed by atoms with Gasteiger partial charge in [-0.15, -0.1) is 0 Å². The Balaban J connectivity index is 1.73. The number of carbonyl (C=O) groups excluding carboxylic acids is 1. The second-order valence-electron chi connectivity index (χ2n) is 4.79. The minimum atomic E-state index is 0.276. The van der Waals surface area contributed by atoms with Gasteiger partial charge in [0.05, 0.1) is 0 Å². The van der Waals surface area contributed by atoms with Crippen molar-refractivity contribution in [3.63, 3.8) is 0 Å². The summed E-state index contributed by atoms with van der Waals surface area (Å²) < 4.78 is 0. The van der Waals surface area contributed by atoms with E-state index in [4.69, 9.17) is 0 Å². The Hall–Kier alpha value is -0.830. The van der Waals surface area contributed by atoms with Crippen LogP contribution in [0.15, 0.2) is 11.8 Å². The van der Waals surface area contributed by atoms with Gasteiger partial charge in [-0.3, -0.25) is 4.79 Å². The van der Waals surface area contributed by atoms with Gasteiger partial charge in [0.2, 0.25) is 0 Å². The van der Waals surface area contributed by atoms with Gasteiger partial charge in [0.25, 0.3) is 0 Å². The number of likely N-dealkylation sites (tertiary alicyclic amines) is 1. The van der Waals surface area contributed by atoms with Crippen molar-refractivity contribution in [1.82, 2.24) is 10.2 Å². The molecule has 1 aliphatic carbocycles. The number of hydrogen-bond acceptors (Lipinski definition) is 3. The summed E-state index contributed by atoms with van der Waals surface area (Å²) in [6.45, 7) is 3.45. The molecule has 1 N–H and O–H groups in total. The molecule has 0 radical (unpaired) electrons. The standard InChI is InChI=1S/C12H20N2O/c1-14-6-2-3-10(9-14)8-13-11-4-5-12(15)7-11/h7,10,13H,2-6,8-9H2,1H3. The van der Waals surface area contributed by atoms with Crippen molar-refractivity contribution < 1.29 is 4.79 Å². The lowest BCUT2D eigenvalue weighted by molar-refractivity contribution is -0.114. The topological polar surface area (TPSA) is 32.3 Å². The molecular formula is C12H20N2O. The number of nitrogens with zero attached hydrogens (tertiary/aromatic N) is 1. The number of carbonyl (C=O) groups is 1. The fraction of sp³-hybridized carbons (Fsp3) is 0.750. The predicted molar refractivity (Wildman–Crippen MR) is 60.5 cm³/mol. The summed E-state index contributed by atoms with van der Waals surface area (Å²) >= 11 is 0. The average Bonchev–Trinajstić information content (AvgIpc) is 2.62. The van der Waals surface area contributed by atoms with Crippen molar-refractivity contribution in [2.45, 2.75) is 25.7 Å². The lowest BCUT2D eigenvalue weighted by Crippen LogP contribution is -2.37. The maximum absolute atomic E-state index is 11.0. The third kappa shape index (κ3) is 3.06. The first kappa shape index (κ1) is 10.7. The molecule has 3 nitrogen and oxygen atoms in total. The van der Waals surface area contributed by atoms with Crippen LogP contribution in [0.2, 0.25) is 0 Å². The highest BCUT2D eigenvalue weighted by atomic mass is 16.1. The number of piperidine rings is 1. The number of ketones is 1. The summed E-state index contributed by atoms with van der Waals surface area (Å²) in [4.78, 5) is 13.4. The van der Waals surface area contributed by atoms with Crippen molar-refractivity contribution >= 4 is 5.78 Å². The smallest absolute Gasteiger partial charge is 0.157 e. The number of hydrogen-bond donors (Lipinski definition) is 1. The van der Waals surface area contributed by atoms with Gasteiger partial charge in [0.15, 0.2) is 5.78 Å². The van der Waals surface area contributed by atoms with Crippen molar-refractivity contribution in [3.8, 4) is 0 Å². The van der Waals surface area contributed by atoms with Crippen molar-refractivity contribution in [1.29, 1.82) is 0 Å². The molecule has 0 amide bonds. The Morgan fingerprint density at radius 1 is 1.53 bits per heavy atom. The summed E-state index contributed by atoms with van der Waals surface area (Å²) in [5.74, 6) is 1.03. The summed E-state index contributed by atoms with van der Waals surface area (Å²) in [5, 5.41) is 3.42. The molecule has 1 heterocycles. The molecule has 3 heteroatoms. The number of nitrogens with one attached hydrogen (secondary N) is 1. The Morgan fingerprint density at radius 2 is 2.40 bits per heavy atom. The molecule has 84 valence electrons. The number of rotatable bonds is 3. The van der Waals surface area contributed by atoms with Crippen LogP contribution in [0, 0.1) is 5.92 Å². The van der Waals surface area contributed by atoms with Gasteiger partial charge in [-0.2, -0.15) is 0 Å². The van der Waals surface area contributed by atoms with Gasteiger partial charge in [0, 0.05) is 31.3 Å². The molecule has 0 aromatic rings. The molecule has 0 aromatic heterocycles. The Morgan fingerprint density at radius 3 is 3.07 bits per heavy atom. The van der Waals surface area contributed by atoms with Crippen LogP contribution in [0.4, 0.5) is 0 Å². The lowest BCUT2D eigenvalue weighted by Gasteiger charge is -2.30. The van der Waals surface area contributed by atoms with E-state index in [1.807, 2.05) is 0 Å². The van der Waals surface area contributed by atoms with Gasteiger partial charge < -0.3 is 10.2 Å². The quantitative estimate of drug-likeness (QED) is 0.755. The van der Waals surface area contributed by atoms with E-state index in [9.17, 15) is 4.79 Å². The number of allylic oxidation sites excluding steroid dienone is 2. The molecule has 1 saturated heterocycles. The van der Waals surface area contributed by atoms with E-state index in [0.717, 1.165) is 24.6 Å². The van der Waals surface area contributed by atoms with Crippen LogP contribution in [0.1, 0.15) is 25.7 Å². The third-order valence-corrected chi connectivity index (χ3v) is 3.32. The fourth-order valence-corrected chi connectivity index (χ4v) is 2.45. The molecule has 0 saturated carbocycles. The molecule has 1 fully saturated rings. The van der Waals surface area contributed by atoms with Gasteiger partial charge in [-0.25, -0.2) is 0 Å². The first-order chi connectivity index (χ1) is 7.24. The summed E-state index contributed by atoms with van der Waals surface area (Å²) in [6.07, 6.45) is 6.01. The highest BCUT2D eigenvalue weighted by Crippen LogP contribution is 2.16. The van der Waals surface area contributed by atoms with Crippen LogP contribution in [0.25, 0.3) is 0 Å². The SMILES string of the molecule is CN1CCCC(CNC2=CC(=O)CC2)C1. The summed E-state index contributed by atoms with van der Waals surface area (Å²) in [5.41, 5.74) is 1.15. The van der Waals surface area contributed by atoms with E-state index < -0.39 is 0 Å². The van der Waals surface area contributed by atoms with Gasteiger partial charge in [-0.05, 0) is 38.8 Å². The van der Waals surface area contributed by atoms with Crippen molar-refractivity contribution in [2.24, 2.45) is 5.92 Å². The maximum atomic E-state index is 11.0. The molecule has 0 spiro atoms. The monoisotopic (exact) mass is 208 g/mol. The highest BCUT2D eigenvalue weighted by Gasteiger charge is 2.18. The van der Waals surface area contributed by atoms with E-state index in [1.54, 1.807) is 6.08 Å². The molecule has 1 aliphatic heterocycles. The average molecular weight is 208 g/mol. The molecule has 2 aliphatic rings. The van der Waals surface area contributed by atoms with Gasteiger partial charge >= 0.3 is 0 Å². The van der Waals surface area contributed by atoms with Crippen molar-refractivity contribution in [3.05, 3.63) is 11.8 Å². The van der Waals surface area contributed by atoms with E-state index >= 15 is 0 Å². The molecule has 1 atom stereocenters. The van der Waals surface area contributed by atoms with E-state index in [-0.39, 0.29) is 5.78 Å². The predicted octanol–water partition coefficient (Wildman–Crippen LogP) is 1.16. The van der Waals surface area contributed by atoms with Crippen LogP contribution in [0.3, 0.4) is 0 Å². The zero-order valence-electron chi connectivity index (χ0n) is 9.46. The Bertz CT molecular complexity index is 273. The first-order valence-electron chi connectivity index (χ1n) is 5.90. The summed E-state index contributed by atoms with van der Waals surface area (Å²) in [6, 6.07) is 0. The maximum Gasteiger partial charge on any atom is 0.157 e. The minimum absolute atomic E-state index is 0.276. The Labute approximate surface area is 91.5 Å². The van der Waals surface area contributed by atoms with Crippen LogP contribution in [0.5, 0.6) is 0 Å². The normalized spacial score (nSPS) is 27.9. The molecule has 0 aromatic carbocycles. The molecule has 1 unspecified atom stereocenters. The largest absolute Gasteiger partial charge is 0.388 e. The molecular weight excluding hydrogens is 188 g/mol. The Kier molecular flexibility index (Phi) is 3.41. The molecule has 2 rings (SSSR count). The fourth-order valence-electron chi connectivity index (χ4n) is 2.45. The van der Waals surface area contributed by atoms with Crippen LogP contribution in [-0.2, 0) is 4.79 Å². The second kappa shape index (κ2) is 4.79.